The second-order valence-corrected chi connectivity index (χ2v) is 11.2. The number of amides is 1. The van der Waals surface area contributed by atoms with Gasteiger partial charge in [-0.15, -0.1) is 0 Å². The Balaban J connectivity index is 1.43. The summed E-state index contributed by atoms with van der Waals surface area (Å²) in [5, 5.41) is 4.59. The standard InChI is InChI=1S/C34H38N4O2/c1-2-30(26-11-5-3-6-12-26)35-33(39)32-28-15-9-10-16-29(28)34(40)38(27-13-7-4-8-14-27)31(32)24-37-21-19-36(20-22-37)23-25-17-18-25/h3-16,25,30H,2,17-24H2,1H3,(H,35,39)/t30-/m0/s1. The summed E-state index contributed by atoms with van der Waals surface area (Å²) in [6, 6.07) is 27.3. The zero-order valence-corrected chi connectivity index (χ0v) is 23.3. The first-order chi connectivity index (χ1) is 19.6. The average molecular weight is 535 g/mol. The van der Waals surface area contributed by atoms with Crippen molar-refractivity contribution in [2.75, 3.05) is 32.7 Å². The molecule has 1 amide bonds. The highest BCUT2D eigenvalue weighted by atomic mass is 16.2. The summed E-state index contributed by atoms with van der Waals surface area (Å²) in [6.45, 7) is 7.71. The number of hydrogen-bond acceptors (Lipinski definition) is 4. The molecule has 1 atom stereocenters. The van der Waals surface area contributed by atoms with Gasteiger partial charge in [-0.1, -0.05) is 73.7 Å². The van der Waals surface area contributed by atoms with Crippen LogP contribution in [0.2, 0.25) is 0 Å². The van der Waals surface area contributed by atoms with Gasteiger partial charge in [0.15, 0.2) is 0 Å². The number of pyridine rings is 1. The van der Waals surface area contributed by atoms with E-state index >= 15 is 0 Å². The van der Waals surface area contributed by atoms with Gasteiger partial charge in [0.05, 0.1) is 17.3 Å². The third kappa shape index (κ3) is 5.60. The van der Waals surface area contributed by atoms with E-state index in [4.69, 9.17) is 0 Å². The highest BCUT2D eigenvalue weighted by molar-refractivity contribution is 6.08. The molecular formula is C34H38N4O2. The van der Waals surface area contributed by atoms with Crippen LogP contribution < -0.4 is 10.9 Å². The van der Waals surface area contributed by atoms with Crippen LogP contribution in [-0.4, -0.2) is 53.0 Å². The summed E-state index contributed by atoms with van der Waals surface area (Å²) in [5.74, 6) is 0.737. The molecule has 1 aliphatic carbocycles. The Morgan fingerprint density at radius 2 is 1.43 bits per heavy atom. The second-order valence-electron chi connectivity index (χ2n) is 11.2. The van der Waals surface area contributed by atoms with E-state index in [0.717, 1.165) is 55.5 Å². The Bertz CT molecular complexity index is 1520. The van der Waals surface area contributed by atoms with Crippen molar-refractivity contribution in [2.45, 2.75) is 38.8 Å². The van der Waals surface area contributed by atoms with Crippen LogP contribution in [0.3, 0.4) is 0 Å². The second kappa shape index (κ2) is 11.8. The molecule has 206 valence electrons. The van der Waals surface area contributed by atoms with Gasteiger partial charge in [0.1, 0.15) is 0 Å². The molecule has 1 aliphatic heterocycles. The van der Waals surface area contributed by atoms with Gasteiger partial charge in [-0.25, -0.2) is 0 Å². The quantitative estimate of drug-likeness (QED) is 0.313. The highest BCUT2D eigenvalue weighted by Crippen LogP contribution is 2.30. The molecule has 0 spiro atoms. The fourth-order valence-corrected chi connectivity index (χ4v) is 6.00. The molecule has 40 heavy (non-hydrogen) atoms. The number of rotatable bonds is 9. The van der Waals surface area contributed by atoms with E-state index in [9.17, 15) is 9.59 Å². The smallest absolute Gasteiger partial charge is 0.263 e. The summed E-state index contributed by atoms with van der Waals surface area (Å²) >= 11 is 0. The van der Waals surface area contributed by atoms with Crippen molar-refractivity contribution in [1.82, 2.24) is 19.7 Å². The molecule has 0 radical (unpaired) electrons. The number of para-hydroxylation sites is 1. The first-order valence-corrected chi connectivity index (χ1v) is 14.6. The van der Waals surface area contributed by atoms with Crippen LogP contribution in [-0.2, 0) is 6.54 Å². The minimum atomic E-state index is -0.140. The lowest BCUT2D eigenvalue weighted by Gasteiger charge is -2.35. The minimum Gasteiger partial charge on any atom is -0.345 e. The number of aromatic nitrogens is 1. The Hall–Kier alpha value is -3.74. The summed E-state index contributed by atoms with van der Waals surface area (Å²) in [5.41, 5.74) is 3.12. The van der Waals surface area contributed by atoms with Gasteiger partial charge in [0.25, 0.3) is 11.5 Å². The molecule has 1 aromatic heterocycles. The number of piperazine rings is 1. The fraction of sp³-hybridized carbons (Fsp3) is 0.353. The molecule has 4 aromatic rings. The maximum absolute atomic E-state index is 14.3. The monoisotopic (exact) mass is 534 g/mol. The third-order valence-electron chi connectivity index (χ3n) is 8.40. The van der Waals surface area contributed by atoms with E-state index in [-0.39, 0.29) is 17.5 Å². The molecule has 1 saturated heterocycles. The van der Waals surface area contributed by atoms with Crippen molar-refractivity contribution in [3.05, 3.63) is 112 Å². The first kappa shape index (κ1) is 26.5. The molecule has 2 heterocycles. The number of nitrogens with one attached hydrogen (secondary N) is 1. The minimum absolute atomic E-state index is 0.0872. The molecule has 6 rings (SSSR count). The van der Waals surface area contributed by atoms with E-state index in [2.05, 4.69) is 34.2 Å². The topological polar surface area (TPSA) is 57.6 Å². The highest BCUT2D eigenvalue weighted by Gasteiger charge is 2.29. The molecule has 0 unspecified atom stereocenters. The van der Waals surface area contributed by atoms with E-state index in [0.29, 0.717) is 22.9 Å². The molecular weight excluding hydrogens is 496 g/mol. The molecule has 1 N–H and O–H groups in total. The van der Waals surface area contributed by atoms with Crippen molar-refractivity contribution in [2.24, 2.45) is 5.92 Å². The maximum Gasteiger partial charge on any atom is 0.263 e. The number of benzene rings is 3. The van der Waals surface area contributed by atoms with Crippen molar-refractivity contribution >= 4 is 16.7 Å². The zero-order chi connectivity index (χ0) is 27.5. The number of fused-ring (bicyclic) bond motifs is 1. The molecule has 0 bridgehead atoms. The van der Waals surface area contributed by atoms with Crippen molar-refractivity contribution in [1.29, 1.82) is 0 Å². The molecule has 3 aromatic carbocycles. The summed E-state index contributed by atoms with van der Waals surface area (Å²) < 4.78 is 1.78. The van der Waals surface area contributed by atoms with Gasteiger partial charge in [-0.05, 0) is 48.9 Å². The van der Waals surface area contributed by atoms with Gasteiger partial charge >= 0.3 is 0 Å². The molecule has 2 fully saturated rings. The average Bonchev–Trinajstić information content (AvgIpc) is 3.82. The number of hydrogen-bond donors (Lipinski definition) is 1. The van der Waals surface area contributed by atoms with E-state index in [1.807, 2.05) is 72.8 Å². The predicted molar refractivity (Wildman–Crippen MR) is 161 cm³/mol. The third-order valence-corrected chi connectivity index (χ3v) is 8.40. The largest absolute Gasteiger partial charge is 0.345 e. The first-order valence-electron chi connectivity index (χ1n) is 14.6. The lowest BCUT2D eigenvalue weighted by molar-refractivity contribution is 0.0930. The van der Waals surface area contributed by atoms with Crippen molar-refractivity contribution in [3.63, 3.8) is 0 Å². The predicted octanol–water partition coefficient (Wildman–Crippen LogP) is 5.40. The van der Waals surface area contributed by atoms with Crippen LogP contribution in [0.4, 0.5) is 0 Å². The molecule has 6 heteroatoms. The summed E-state index contributed by atoms with van der Waals surface area (Å²) in [6.07, 6.45) is 3.49. The lowest BCUT2D eigenvalue weighted by atomic mass is 9.99. The van der Waals surface area contributed by atoms with Crippen LogP contribution in [0.15, 0.2) is 89.7 Å². The van der Waals surface area contributed by atoms with Gasteiger partial charge in [0.2, 0.25) is 0 Å². The molecule has 6 nitrogen and oxygen atoms in total. The van der Waals surface area contributed by atoms with Gasteiger partial charge < -0.3 is 10.2 Å². The summed E-state index contributed by atoms with van der Waals surface area (Å²) in [7, 11) is 0. The fourth-order valence-electron chi connectivity index (χ4n) is 6.00. The van der Waals surface area contributed by atoms with Crippen molar-refractivity contribution in [3.8, 4) is 5.69 Å². The normalized spacial score (nSPS) is 17.1. The van der Waals surface area contributed by atoms with Crippen LogP contribution in [0.1, 0.15) is 53.8 Å². The summed E-state index contributed by atoms with van der Waals surface area (Å²) in [4.78, 5) is 33.3. The van der Waals surface area contributed by atoms with Crippen LogP contribution in [0.5, 0.6) is 0 Å². The Morgan fingerprint density at radius 1 is 0.825 bits per heavy atom. The lowest BCUT2D eigenvalue weighted by Crippen LogP contribution is -2.47. The number of carbonyl (C=O) groups is 1. The van der Waals surface area contributed by atoms with E-state index in [1.165, 1.54) is 19.4 Å². The Kier molecular flexibility index (Phi) is 7.80. The van der Waals surface area contributed by atoms with Crippen LogP contribution in [0.25, 0.3) is 16.5 Å². The van der Waals surface area contributed by atoms with Gasteiger partial charge in [-0.3, -0.25) is 19.1 Å². The number of nitrogens with zero attached hydrogens (tertiary/aromatic N) is 3. The van der Waals surface area contributed by atoms with Gasteiger partial charge in [0, 0.05) is 55.7 Å². The zero-order valence-electron chi connectivity index (χ0n) is 23.3. The Morgan fingerprint density at radius 3 is 2.08 bits per heavy atom. The van der Waals surface area contributed by atoms with Gasteiger partial charge in [-0.2, -0.15) is 0 Å². The maximum atomic E-state index is 14.3. The van der Waals surface area contributed by atoms with E-state index in [1.54, 1.807) is 4.57 Å². The molecule has 2 aliphatic rings. The SMILES string of the molecule is CC[C@H](NC(=O)c1c(CN2CCN(CC3CC3)CC2)n(-c2ccccc2)c(=O)c2ccccc12)c1ccccc1. The Labute approximate surface area is 236 Å². The number of carbonyl (C=O) groups excluding carboxylic acids is 1. The van der Waals surface area contributed by atoms with Crippen LogP contribution >= 0.6 is 0 Å². The van der Waals surface area contributed by atoms with E-state index < -0.39 is 0 Å². The van der Waals surface area contributed by atoms with Crippen molar-refractivity contribution < 1.29 is 4.79 Å². The molecule has 1 saturated carbocycles. The van der Waals surface area contributed by atoms with Crippen LogP contribution in [0, 0.1) is 5.92 Å².